The van der Waals surface area contributed by atoms with Crippen molar-refractivity contribution in [1.82, 2.24) is 15.2 Å². The minimum Gasteiger partial charge on any atom is -0.382 e. The molecule has 0 unspecified atom stereocenters. The number of hydrogen-bond donors (Lipinski definition) is 2. The maximum atomic E-state index is 10.9. The molecule has 0 amide bonds. The van der Waals surface area contributed by atoms with Crippen molar-refractivity contribution in [2.75, 3.05) is 5.73 Å². The second kappa shape index (κ2) is 5.04. The van der Waals surface area contributed by atoms with Gasteiger partial charge in [-0.15, -0.1) is 0 Å². The van der Waals surface area contributed by atoms with E-state index >= 15 is 0 Å². The van der Waals surface area contributed by atoms with Crippen LogP contribution in [0.25, 0.3) is 22.4 Å². The lowest BCUT2D eigenvalue weighted by atomic mass is 10.0. The molecule has 0 bridgehead atoms. The number of rotatable bonds is 3. The lowest BCUT2D eigenvalue weighted by molar-refractivity contribution is -0.384. The van der Waals surface area contributed by atoms with E-state index in [-0.39, 0.29) is 5.69 Å². The molecule has 7 nitrogen and oxygen atoms in total. The Balaban J connectivity index is 2.17. The largest absolute Gasteiger partial charge is 0.382 e. The Hall–Kier alpha value is -3.22. The molecular weight excluding hydrogens is 270 g/mol. The molecule has 104 valence electrons. The van der Waals surface area contributed by atoms with E-state index in [0.717, 1.165) is 5.56 Å². The van der Waals surface area contributed by atoms with Crippen LogP contribution in [0.15, 0.2) is 48.8 Å². The fraction of sp³-hybridized carbons (Fsp3) is 0. The van der Waals surface area contributed by atoms with Gasteiger partial charge in [0.25, 0.3) is 5.69 Å². The average Bonchev–Trinajstić information content (AvgIpc) is 2.90. The third kappa shape index (κ3) is 2.32. The van der Waals surface area contributed by atoms with Crippen molar-refractivity contribution in [3.05, 3.63) is 58.9 Å². The zero-order valence-corrected chi connectivity index (χ0v) is 10.9. The molecule has 0 atom stereocenters. The molecule has 0 fully saturated rings. The van der Waals surface area contributed by atoms with Crippen LogP contribution in [-0.4, -0.2) is 20.1 Å². The Kier molecular flexibility index (Phi) is 3.07. The summed E-state index contributed by atoms with van der Waals surface area (Å²) in [5.41, 5.74) is 8.67. The Bertz CT molecular complexity index is 798. The van der Waals surface area contributed by atoms with Crippen LogP contribution < -0.4 is 5.73 Å². The number of nitro benzene ring substituents is 1. The maximum absolute atomic E-state index is 10.9. The van der Waals surface area contributed by atoms with E-state index in [9.17, 15) is 10.1 Å². The zero-order chi connectivity index (χ0) is 14.8. The van der Waals surface area contributed by atoms with E-state index < -0.39 is 4.92 Å². The van der Waals surface area contributed by atoms with Gasteiger partial charge < -0.3 is 5.73 Å². The predicted molar refractivity (Wildman–Crippen MR) is 78.3 cm³/mol. The maximum Gasteiger partial charge on any atom is 0.270 e. The fourth-order valence-electron chi connectivity index (χ4n) is 2.14. The second-order valence-electron chi connectivity index (χ2n) is 4.41. The summed E-state index contributed by atoms with van der Waals surface area (Å²) in [5, 5.41) is 17.7. The van der Waals surface area contributed by atoms with Crippen LogP contribution in [0.5, 0.6) is 0 Å². The SMILES string of the molecule is Nc1n[nH]c(-c2cccc([N+](=O)[O-])c2)c1-c1cccnc1. The second-order valence-corrected chi connectivity index (χ2v) is 4.41. The number of non-ortho nitro benzene ring substituents is 1. The van der Waals surface area contributed by atoms with Crippen molar-refractivity contribution in [3.63, 3.8) is 0 Å². The van der Waals surface area contributed by atoms with Crippen molar-refractivity contribution in [2.45, 2.75) is 0 Å². The molecule has 0 spiro atoms. The molecule has 0 aliphatic carbocycles. The topological polar surface area (TPSA) is 111 Å². The summed E-state index contributed by atoms with van der Waals surface area (Å²) in [6.45, 7) is 0. The number of hydrogen-bond acceptors (Lipinski definition) is 5. The summed E-state index contributed by atoms with van der Waals surface area (Å²) >= 11 is 0. The molecule has 0 radical (unpaired) electrons. The van der Waals surface area contributed by atoms with Crippen molar-refractivity contribution >= 4 is 11.5 Å². The minimum absolute atomic E-state index is 0.0119. The first-order valence-electron chi connectivity index (χ1n) is 6.16. The molecule has 21 heavy (non-hydrogen) atoms. The number of aromatic nitrogens is 3. The van der Waals surface area contributed by atoms with E-state index in [4.69, 9.17) is 5.73 Å². The van der Waals surface area contributed by atoms with Crippen molar-refractivity contribution < 1.29 is 4.92 Å². The van der Waals surface area contributed by atoms with Gasteiger partial charge in [-0.2, -0.15) is 5.10 Å². The summed E-state index contributed by atoms with van der Waals surface area (Å²) < 4.78 is 0. The van der Waals surface area contributed by atoms with Gasteiger partial charge in [0.05, 0.1) is 16.2 Å². The molecule has 3 aromatic rings. The zero-order valence-electron chi connectivity index (χ0n) is 10.9. The Morgan fingerprint density at radius 3 is 2.71 bits per heavy atom. The van der Waals surface area contributed by atoms with Gasteiger partial charge >= 0.3 is 0 Å². The van der Waals surface area contributed by atoms with Gasteiger partial charge in [-0.05, 0) is 6.07 Å². The number of nitro groups is 1. The molecule has 0 aliphatic rings. The molecule has 0 saturated heterocycles. The van der Waals surface area contributed by atoms with Crippen LogP contribution >= 0.6 is 0 Å². The van der Waals surface area contributed by atoms with Gasteiger partial charge in [-0.1, -0.05) is 18.2 Å². The first-order valence-corrected chi connectivity index (χ1v) is 6.16. The Morgan fingerprint density at radius 1 is 1.19 bits per heavy atom. The first kappa shape index (κ1) is 12.8. The van der Waals surface area contributed by atoms with Crippen LogP contribution in [0, 0.1) is 10.1 Å². The number of H-pyrrole nitrogens is 1. The van der Waals surface area contributed by atoms with Gasteiger partial charge in [0.1, 0.15) is 0 Å². The van der Waals surface area contributed by atoms with Crippen LogP contribution in [0.4, 0.5) is 11.5 Å². The average molecular weight is 281 g/mol. The monoisotopic (exact) mass is 281 g/mol. The van der Waals surface area contributed by atoms with Crippen molar-refractivity contribution in [1.29, 1.82) is 0 Å². The van der Waals surface area contributed by atoms with Crippen LogP contribution in [0.3, 0.4) is 0 Å². The predicted octanol–water partition coefficient (Wildman–Crippen LogP) is 2.63. The highest BCUT2D eigenvalue weighted by Gasteiger charge is 2.16. The highest BCUT2D eigenvalue weighted by molar-refractivity contribution is 5.87. The number of nitrogens with zero attached hydrogens (tertiary/aromatic N) is 3. The summed E-state index contributed by atoms with van der Waals surface area (Å²) in [6.07, 6.45) is 3.33. The van der Waals surface area contributed by atoms with Gasteiger partial charge in [-0.3, -0.25) is 20.2 Å². The fourth-order valence-corrected chi connectivity index (χ4v) is 2.14. The van der Waals surface area contributed by atoms with Gasteiger partial charge in [0.2, 0.25) is 0 Å². The number of aromatic amines is 1. The lowest BCUT2D eigenvalue weighted by Gasteiger charge is -2.04. The molecule has 7 heteroatoms. The number of pyridine rings is 1. The third-order valence-electron chi connectivity index (χ3n) is 3.09. The number of nitrogen functional groups attached to an aromatic ring is 1. The summed E-state index contributed by atoms with van der Waals surface area (Å²) in [5.74, 6) is 0.324. The normalized spacial score (nSPS) is 10.5. The molecule has 0 aliphatic heterocycles. The van der Waals surface area contributed by atoms with Gasteiger partial charge in [-0.25, -0.2) is 0 Å². The molecule has 3 N–H and O–H groups in total. The summed E-state index contributed by atoms with van der Waals surface area (Å²) in [7, 11) is 0. The molecule has 2 heterocycles. The number of benzene rings is 1. The van der Waals surface area contributed by atoms with Crippen molar-refractivity contribution in [2.24, 2.45) is 0 Å². The van der Waals surface area contributed by atoms with E-state index in [1.54, 1.807) is 30.6 Å². The van der Waals surface area contributed by atoms with Gasteiger partial charge in [0.15, 0.2) is 5.82 Å². The Morgan fingerprint density at radius 2 is 2.00 bits per heavy atom. The first-order chi connectivity index (χ1) is 10.2. The summed E-state index contributed by atoms with van der Waals surface area (Å²) in [4.78, 5) is 14.5. The molecule has 0 saturated carbocycles. The Labute approximate surface area is 119 Å². The van der Waals surface area contributed by atoms with Crippen LogP contribution in [0.2, 0.25) is 0 Å². The van der Waals surface area contributed by atoms with Gasteiger partial charge in [0, 0.05) is 35.7 Å². The number of nitrogens with two attached hydrogens (primary N) is 1. The third-order valence-corrected chi connectivity index (χ3v) is 3.09. The van der Waals surface area contributed by atoms with Crippen LogP contribution in [-0.2, 0) is 0 Å². The standard InChI is InChI=1S/C14H11N5O2/c15-14-12(10-4-2-6-16-8-10)13(17-18-14)9-3-1-5-11(7-9)19(20)21/h1-8H,(H3,15,17,18). The highest BCUT2D eigenvalue weighted by Crippen LogP contribution is 2.35. The molecular formula is C14H11N5O2. The highest BCUT2D eigenvalue weighted by atomic mass is 16.6. The minimum atomic E-state index is -0.438. The number of anilines is 1. The van der Waals surface area contributed by atoms with Crippen molar-refractivity contribution in [3.8, 4) is 22.4 Å². The van der Waals surface area contributed by atoms with E-state index in [1.807, 2.05) is 6.07 Å². The van der Waals surface area contributed by atoms with E-state index in [2.05, 4.69) is 15.2 Å². The molecule has 2 aromatic heterocycles. The van der Waals surface area contributed by atoms with E-state index in [1.165, 1.54) is 12.1 Å². The summed E-state index contributed by atoms with van der Waals surface area (Å²) in [6, 6.07) is 9.95. The lowest BCUT2D eigenvalue weighted by Crippen LogP contribution is -1.91. The quantitative estimate of drug-likeness (QED) is 0.566. The number of nitrogens with one attached hydrogen (secondary N) is 1. The van der Waals surface area contributed by atoms with E-state index in [0.29, 0.717) is 22.6 Å². The molecule has 3 rings (SSSR count). The smallest absolute Gasteiger partial charge is 0.270 e. The van der Waals surface area contributed by atoms with Crippen LogP contribution in [0.1, 0.15) is 0 Å². The molecule has 1 aromatic carbocycles.